The van der Waals surface area contributed by atoms with Gasteiger partial charge in [-0.25, -0.2) is 0 Å². The molecule has 0 aromatic rings. The van der Waals surface area contributed by atoms with E-state index in [0.717, 1.165) is 20.8 Å². The standard InChI is InChI=1S/C18H26N6O10/c1-5-10-13(16(17(28)32-10)31-9(4)27)34-18-12(22-24-20)15(30-8(3)26)14(29-7(2)25)11(33-18)6-21-23-19/h10-18,28H,5-6H2,1-4H3/t10-,11+,12-,13-,14-,15-,16?,17?,18-/m1/s1. The molecular formula is C18H26N6O10. The van der Waals surface area contributed by atoms with Crippen LogP contribution in [0.15, 0.2) is 10.2 Å². The van der Waals surface area contributed by atoms with Gasteiger partial charge in [0.2, 0.25) is 0 Å². The van der Waals surface area contributed by atoms with Crippen LogP contribution in [0.5, 0.6) is 0 Å². The van der Waals surface area contributed by atoms with Crippen molar-refractivity contribution >= 4 is 17.9 Å². The first-order valence-corrected chi connectivity index (χ1v) is 10.3. The van der Waals surface area contributed by atoms with E-state index in [9.17, 15) is 19.5 Å². The lowest BCUT2D eigenvalue weighted by Gasteiger charge is -2.44. The highest BCUT2D eigenvalue weighted by Gasteiger charge is 2.54. The molecule has 0 amide bonds. The van der Waals surface area contributed by atoms with E-state index in [4.69, 9.17) is 39.5 Å². The number of hydrogen-bond acceptors (Lipinski definition) is 12. The topological polar surface area (TPSA) is 224 Å². The summed E-state index contributed by atoms with van der Waals surface area (Å²) in [6, 6.07) is -1.38. The Morgan fingerprint density at radius 3 is 2.00 bits per heavy atom. The zero-order valence-electron chi connectivity index (χ0n) is 18.9. The van der Waals surface area contributed by atoms with Crippen molar-refractivity contribution < 1.29 is 47.9 Å². The van der Waals surface area contributed by atoms with Crippen LogP contribution in [0.1, 0.15) is 34.1 Å². The summed E-state index contributed by atoms with van der Waals surface area (Å²) in [6.07, 6.45) is -9.55. The number of esters is 3. The van der Waals surface area contributed by atoms with Gasteiger partial charge < -0.3 is 33.5 Å². The minimum Gasteiger partial charge on any atom is -0.458 e. The fourth-order valence-corrected chi connectivity index (χ4v) is 3.78. The Kier molecular flexibility index (Phi) is 9.86. The highest BCUT2D eigenvalue weighted by Crippen LogP contribution is 2.34. The largest absolute Gasteiger partial charge is 0.458 e. The summed E-state index contributed by atoms with van der Waals surface area (Å²) in [5.41, 5.74) is 17.9. The van der Waals surface area contributed by atoms with Crippen molar-refractivity contribution in [3.8, 4) is 0 Å². The number of aliphatic hydroxyl groups is 1. The minimum atomic E-state index is -1.50. The van der Waals surface area contributed by atoms with Gasteiger partial charge in [-0.3, -0.25) is 14.4 Å². The fraction of sp³-hybridized carbons (Fsp3) is 0.833. The molecule has 2 heterocycles. The normalized spacial score (nSPS) is 34.8. The van der Waals surface area contributed by atoms with E-state index in [-0.39, 0.29) is 6.54 Å². The third kappa shape index (κ3) is 6.70. The van der Waals surface area contributed by atoms with E-state index in [1.54, 1.807) is 6.92 Å². The third-order valence-electron chi connectivity index (χ3n) is 5.01. The maximum absolute atomic E-state index is 11.8. The monoisotopic (exact) mass is 486 g/mol. The van der Waals surface area contributed by atoms with E-state index < -0.39 is 73.2 Å². The average Bonchev–Trinajstić information content (AvgIpc) is 3.04. The van der Waals surface area contributed by atoms with Crippen molar-refractivity contribution in [1.29, 1.82) is 0 Å². The molecule has 2 aliphatic heterocycles. The molecule has 9 atom stereocenters. The summed E-state index contributed by atoms with van der Waals surface area (Å²) < 4.78 is 32.9. The molecule has 0 bridgehead atoms. The molecule has 0 aromatic heterocycles. The summed E-state index contributed by atoms with van der Waals surface area (Å²) in [5, 5.41) is 17.3. The predicted octanol–water partition coefficient (Wildman–Crippen LogP) is 1.01. The highest BCUT2D eigenvalue weighted by molar-refractivity contribution is 5.67. The number of rotatable bonds is 9. The quantitative estimate of drug-likeness (QED) is 0.160. The zero-order chi connectivity index (χ0) is 25.4. The highest BCUT2D eigenvalue weighted by atomic mass is 16.7. The number of carbonyl (C=O) groups excluding carboxylic acids is 3. The summed E-state index contributed by atoms with van der Waals surface area (Å²) in [4.78, 5) is 40.5. The van der Waals surface area contributed by atoms with Crippen LogP contribution in [0.2, 0.25) is 0 Å². The number of ether oxygens (including phenoxy) is 6. The van der Waals surface area contributed by atoms with Gasteiger partial charge in [-0.15, -0.1) is 0 Å². The van der Waals surface area contributed by atoms with Gasteiger partial charge in [0.1, 0.15) is 18.2 Å². The zero-order valence-corrected chi connectivity index (χ0v) is 18.9. The minimum absolute atomic E-state index is 0.337. The lowest BCUT2D eigenvalue weighted by Crippen LogP contribution is -2.62. The van der Waals surface area contributed by atoms with Crippen molar-refractivity contribution in [3.63, 3.8) is 0 Å². The molecule has 1 N–H and O–H groups in total. The Hall–Kier alpha value is -3.13. The van der Waals surface area contributed by atoms with Crippen LogP contribution >= 0.6 is 0 Å². The summed E-state index contributed by atoms with van der Waals surface area (Å²) in [7, 11) is 0. The van der Waals surface area contributed by atoms with Crippen LogP contribution < -0.4 is 0 Å². The van der Waals surface area contributed by atoms with Gasteiger partial charge in [0.15, 0.2) is 30.9 Å². The van der Waals surface area contributed by atoms with E-state index >= 15 is 0 Å². The Bertz CT molecular complexity index is 860. The van der Waals surface area contributed by atoms with Gasteiger partial charge in [0.25, 0.3) is 0 Å². The van der Waals surface area contributed by atoms with Crippen molar-refractivity contribution in [2.24, 2.45) is 10.2 Å². The Morgan fingerprint density at radius 1 is 0.882 bits per heavy atom. The molecule has 2 aliphatic rings. The molecule has 16 nitrogen and oxygen atoms in total. The lowest BCUT2D eigenvalue weighted by atomic mass is 9.96. The first kappa shape index (κ1) is 27.1. The molecule has 188 valence electrons. The maximum atomic E-state index is 11.8. The van der Waals surface area contributed by atoms with Crippen molar-refractivity contribution in [2.75, 3.05) is 6.54 Å². The molecule has 0 radical (unpaired) electrons. The first-order valence-electron chi connectivity index (χ1n) is 10.3. The van der Waals surface area contributed by atoms with Gasteiger partial charge in [-0.05, 0) is 17.5 Å². The molecule has 0 aromatic carbocycles. The second-order valence-corrected chi connectivity index (χ2v) is 7.45. The molecule has 0 spiro atoms. The van der Waals surface area contributed by atoms with Crippen molar-refractivity contribution in [3.05, 3.63) is 20.9 Å². The first-order chi connectivity index (χ1) is 16.1. The van der Waals surface area contributed by atoms with Crippen LogP contribution in [0.25, 0.3) is 20.9 Å². The molecule has 2 unspecified atom stereocenters. The van der Waals surface area contributed by atoms with Gasteiger partial charge in [-0.1, -0.05) is 17.2 Å². The maximum Gasteiger partial charge on any atom is 0.303 e. The van der Waals surface area contributed by atoms with Gasteiger partial charge in [0, 0.05) is 30.6 Å². The molecule has 2 saturated heterocycles. The number of carbonyl (C=O) groups is 3. The van der Waals surface area contributed by atoms with Crippen molar-refractivity contribution in [2.45, 2.75) is 89.4 Å². The third-order valence-corrected chi connectivity index (χ3v) is 5.01. The summed E-state index contributed by atoms with van der Waals surface area (Å²) >= 11 is 0. The van der Waals surface area contributed by atoms with Crippen LogP contribution in [0.3, 0.4) is 0 Å². The van der Waals surface area contributed by atoms with Gasteiger partial charge in [-0.2, -0.15) is 0 Å². The molecule has 34 heavy (non-hydrogen) atoms. The molecular weight excluding hydrogens is 460 g/mol. The van der Waals surface area contributed by atoms with E-state index in [2.05, 4.69) is 20.1 Å². The molecule has 0 saturated carbocycles. The summed E-state index contributed by atoms with van der Waals surface area (Å²) in [6.45, 7) is 4.71. The van der Waals surface area contributed by atoms with Gasteiger partial charge in [0.05, 0.1) is 12.6 Å². The van der Waals surface area contributed by atoms with Crippen molar-refractivity contribution in [1.82, 2.24) is 0 Å². The van der Waals surface area contributed by atoms with Crippen LogP contribution in [0.4, 0.5) is 0 Å². The van der Waals surface area contributed by atoms with E-state index in [1.807, 2.05) is 0 Å². The van der Waals surface area contributed by atoms with Crippen LogP contribution in [-0.2, 0) is 42.8 Å². The molecule has 16 heteroatoms. The van der Waals surface area contributed by atoms with E-state index in [1.165, 1.54) is 0 Å². The van der Waals surface area contributed by atoms with Crippen LogP contribution in [0, 0.1) is 0 Å². The summed E-state index contributed by atoms with van der Waals surface area (Å²) in [5.74, 6) is -2.25. The number of nitrogens with zero attached hydrogens (tertiary/aromatic N) is 6. The fourth-order valence-electron chi connectivity index (χ4n) is 3.78. The number of azide groups is 2. The average molecular weight is 486 g/mol. The Balaban J connectivity index is 2.47. The number of aliphatic hydroxyl groups excluding tert-OH is 1. The van der Waals surface area contributed by atoms with Crippen LogP contribution in [-0.4, -0.2) is 84.8 Å². The van der Waals surface area contributed by atoms with Gasteiger partial charge >= 0.3 is 17.9 Å². The lowest BCUT2D eigenvalue weighted by molar-refractivity contribution is -0.284. The molecule has 2 fully saturated rings. The Labute approximate surface area is 193 Å². The number of hydrogen-bond donors (Lipinski definition) is 1. The SMILES string of the molecule is CC[C@H]1OC(O)C(OC(C)=O)[C@@H]1O[C@H]1O[C@@H](CN=[N+]=[N-])[C@@H](OC(C)=O)[C@H](OC(C)=O)[C@H]1N=[N+]=[N-]. The smallest absolute Gasteiger partial charge is 0.303 e. The Morgan fingerprint density at radius 2 is 1.47 bits per heavy atom. The molecule has 0 aliphatic carbocycles. The second kappa shape index (κ2) is 12.4. The predicted molar refractivity (Wildman–Crippen MR) is 108 cm³/mol. The molecule has 2 rings (SSSR count). The van der Waals surface area contributed by atoms with E-state index in [0.29, 0.717) is 6.42 Å². The second-order valence-electron chi connectivity index (χ2n) is 7.45.